The minimum absolute atomic E-state index is 0.255. The lowest BCUT2D eigenvalue weighted by Gasteiger charge is -2.25. The van der Waals surface area contributed by atoms with E-state index in [2.05, 4.69) is 0 Å². The molecule has 1 aromatic carbocycles. The molecule has 0 spiro atoms. The van der Waals surface area contributed by atoms with Crippen LogP contribution in [0.25, 0.3) is 0 Å². The molecule has 2 N–H and O–H groups in total. The van der Waals surface area contributed by atoms with Crippen LogP contribution in [0.4, 0.5) is 10.5 Å². The van der Waals surface area contributed by atoms with Crippen LogP contribution in [0.1, 0.15) is 20.8 Å². The number of ether oxygens (including phenoxy) is 1. The second-order valence-electron chi connectivity index (χ2n) is 4.97. The summed E-state index contributed by atoms with van der Waals surface area (Å²) in [5.74, 6) is 0. The highest BCUT2D eigenvalue weighted by Gasteiger charge is 2.24. The number of hydrogen-bond donors (Lipinski definition) is 2. The number of nitrogens with zero attached hydrogens (tertiary/aromatic N) is 1. The maximum Gasteiger partial charge on any atom is 0.490 e. The summed E-state index contributed by atoms with van der Waals surface area (Å²) in [5.41, 5.74) is 0.0607. The van der Waals surface area contributed by atoms with Gasteiger partial charge in [0.2, 0.25) is 0 Å². The fourth-order valence-electron chi connectivity index (χ4n) is 1.44. The number of amides is 1. The molecule has 0 aliphatic heterocycles. The summed E-state index contributed by atoms with van der Waals surface area (Å²) in [4.78, 5) is 13.1. The van der Waals surface area contributed by atoms with E-state index in [0.29, 0.717) is 5.69 Å². The van der Waals surface area contributed by atoms with Crippen molar-refractivity contribution in [3.63, 3.8) is 0 Å². The molecule has 0 aromatic heterocycles. The van der Waals surface area contributed by atoms with Crippen LogP contribution in [-0.2, 0) is 4.74 Å². The van der Waals surface area contributed by atoms with E-state index >= 15 is 0 Å². The van der Waals surface area contributed by atoms with Gasteiger partial charge in [-0.25, -0.2) is 4.79 Å². The first kappa shape index (κ1) is 14.5. The van der Waals surface area contributed by atoms with E-state index in [-0.39, 0.29) is 5.46 Å². The molecule has 0 fully saturated rings. The summed E-state index contributed by atoms with van der Waals surface area (Å²) in [6, 6.07) is 6.54. The van der Waals surface area contributed by atoms with Crippen molar-refractivity contribution in [1.82, 2.24) is 0 Å². The molecule has 6 heteroatoms. The van der Waals surface area contributed by atoms with Crippen molar-refractivity contribution < 1.29 is 19.6 Å². The SMILES string of the molecule is CN(C(=O)OC(C)(C)C)c1ccccc1B(O)O. The Bertz CT molecular complexity index is 428. The lowest BCUT2D eigenvalue weighted by Crippen LogP contribution is -2.40. The van der Waals surface area contributed by atoms with Crippen LogP contribution in [0.5, 0.6) is 0 Å². The first-order valence-corrected chi connectivity index (χ1v) is 5.64. The minimum atomic E-state index is -1.63. The van der Waals surface area contributed by atoms with E-state index in [9.17, 15) is 14.8 Å². The maximum atomic E-state index is 11.9. The fourth-order valence-corrected chi connectivity index (χ4v) is 1.44. The lowest BCUT2D eigenvalue weighted by molar-refractivity contribution is 0.0589. The third-order valence-corrected chi connectivity index (χ3v) is 2.24. The fraction of sp³-hybridized carbons (Fsp3) is 0.417. The monoisotopic (exact) mass is 251 g/mol. The van der Waals surface area contributed by atoms with Gasteiger partial charge in [-0.3, -0.25) is 4.90 Å². The van der Waals surface area contributed by atoms with Crippen molar-refractivity contribution in [3.05, 3.63) is 24.3 Å². The van der Waals surface area contributed by atoms with E-state index in [0.717, 1.165) is 0 Å². The van der Waals surface area contributed by atoms with Gasteiger partial charge in [-0.2, -0.15) is 0 Å². The number of carbonyl (C=O) groups excluding carboxylic acids is 1. The topological polar surface area (TPSA) is 70.0 Å². The second kappa shape index (κ2) is 5.41. The average Bonchev–Trinajstić information content (AvgIpc) is 2.25. The highest BCUT2D eigenvalue weighted by atomic mass is 16.6. The van der Waals surface area contributed by atoms with Crippen molar-refractivity contribution >= 4 is 24.4 Å². The van der Waals surface area contributed by atoms with Crippen LogP contribution in [0.3, 0.4) is 0 Å². The summed E-state index contributed by atoms with van der Waals surface area (Å²) < 4.78 is 5.21. The smallest absolute Gasteiger partial charge is 0.443 e. The molecule has 5 nitrogen and oxygen atoms in total. The second-order valence-corrected chi connectivity index (χ2v) is 4.97. The van der Waals surface area contributed by atoms with E-state index in [1.54, 1.807) is 45.0 Å². The summed E-state index contributed by atoms with van der Waals surface area (Å²) in [5, 5.41) is 18.5. The Balaban J connectivity index is 2.97. The van der Waals surface area contributed by atoms with E-state index in [4.69, 9.17) is 4.74 Å². The summed E-state index contributed by atoms with van der Waals surface area (Å²) >= 11 is 0. The number of hydrogen-bond acceptors (Lipinski definition) is 4. The molecule has 18 heavy (non-hydrogen) atoms. The Kier molecular flexibility index (Phi) is 4.37. The predicted octanol–water partition coefficient (Wildman–Crippen LogP) is 0.738. The van der Waals surface area contributed by atoms with Crippen molar-refractivity contribution in [2.24, 2.45) is 0 Å². The van der Waals surface area contributed by atoms with Gasteiger partial charge in [0.05, 0.1) is 0 Å². The molecule has 0 radical (unpaired) electrons. The van der Waals surface area contributed by atoms with Crippen molar-refractivity contribution in [2.75, 3.05) is 11.9 Å². The van der Waals surface area contributed by atoms with E-state index in [1.165, 1.54) is 11.9 Å². The molecule has 98 valence electrons. The largest absolute Gasteiger partial charge is 0.490 e. The average molecular weight is 251 g/mol. The highest BCUT2D eigenvalue weighted by Crippen LogP contribution is 2.15. The molecular formula is C12H18BNO4. The van der Waals surface area contributed by atoms with Crippen LogP contribution in [0, 0.1) is 0 Å². The van der Waals surface area contributed by atoms with Crippen LogP contribution < -0.4 is 10.4 Å². The van der Waals surface area contributed by atoms with Crippen LogP contribution in [0.15, 0.2) is 24.3 Å². The Hall–Kier alpha value is -1.53. The van der Waals surface area contributed by atoms with Gasteiger partial charge in [0.25, 0.3) is 0 Å². The molecule has 0 unspecified atom stereocenters. The normalized spacial score (nSPS) is 11.0. The molecule has 1 amide bonds. The van der Waals surface area contributed by atoms with Gasteiger partial charge in [0, 0.05) is 18.2 Å². The van der Waals surface area contributed by atoms with Gasteiger partial charge in [-0.05, 0) is 26.8 Å². The number of anilines is 1. The van der Waals surface area contributed by atoms with Gasteiger partial charge in [-0.15, -0.1) is 0 Å². The predicted molar refractivity (Wildman–Crippen MR) is 70.9 cm³/mol. The lowest BCUT2D eigenvalue weighted by atomic mass is 9.79. The van der Waals surface area contributed by atoms with Crippen molar-refractivity contribution in [3.8, 4) is 0 Å². The van der Waals surface area contributed by atoms with Gasteiger partial charge in [-0.1, -0.05) is 18.2 Å². The van der Waals surface area contributed by atoms with Crippen LogP contribution in [-0.4, -0.2) is 35.9 Å². The van der Waals surface area contributed by atoms with Gasteiger partial charge >= 0.3 is 13.2 Å². The quantitative estimate of drug-likeness (QED) is 0.760. The van der Waals surface area contributed by atoms with Crippen LogP contribution in [0.2, 0.25) is 0 Å². The Morgan fingerprint density at radius 3 is 2.33 bits per heavy atom. The Morgan fingerprint density at radius 2 is 1.83 bits per heavy atom. The summed E-state index contributed by atoms with van der Waals surface area (Å²) in [6.07, 6.45) is -0.546. The zero-order valence-corrected chi connectivity index (χ0v) is 11.0. The first-order chi connectivity index (χ1) is 8.22. The molecule has 0 saturated heterocycles. The Labute approximate surface area is 107 Å². The van der Waals surface area contributed by atoms with Gasteiger partial charge in [0.15, 0.2) is 0 Å². The molecule has 0 heterocycles. The third-order valence-electron chi connectivity index (χ3n) is 2.24. The van der Waals surface area contributed by atoms with Gasteiger partial charge in [0.1, 0.15) is 5.60 Å². The molecule has 0 saturated carbocycles. The molecule has 1 aromatic rings. The summed E-state index contributed by atoms with van der Waals surface area (Å²) in [7, 11) is -0.110. The number of carbonyl (C=O) groups is 1. The standard InChI is InChI=1S/C12H18BNO4/c1-12(2,3)18-11(15)14(4)10-8-6-5-7-9(10)13(16)17/h5-8,16-17H,1-4H3. The number of benzene rings is 1. The van der Waals surface area contributed by atoms with E-state index < -0.39 is 18.8 Å². The van der Waals surface area contributed by atoms with E-state index in [1.807, 2.05) is 0 Å². The number of rotatable bonds is 2. The molecular weight excluding hydrogens is 233 g/mol. The maximum absolute atomic E-state index is 11.9. The summed E-state index contributed by atoms with van der Waals surface area (Å²) in [6.45, 7) is 5.31. The van der Waals surface area contributed by atoms with Crippen molar-refractivity contribution in [1.29, 1.82) is 0 Å². The zero-order valence-electron chi connectivity index (χ0n) is 11.0. The third kappa shape index (κ3) is 3.75. The molecule has 0 atom stereocenters. The van der Waals surface area contributed by atoms with Gasteiger partial charge < -0.3 is 14.8 Å². The first-order valence-electron chi connectivity index (χ1n) is 5.64. The zero-order chi connectivity index (χ0) is 13.9. The molecule has 1 rings (SSSR count). The highest BCUT2D eigenvalue weighted by molar-refractivity contribution is 6.60. The molecule has 0 bridgehead atoms. The number of para-hydroxylation sites is 1. The minimum Gasteiger partial charge on any atom is -0.443 e. The molecule has 0 aliphatic rings. The van der Waals surface area contributed by atoms with Crippen molar-refractivity contribution in [2.45, 2.75) is 26.4 Å². The van der Waals surface area contributed by atoms with Crippen LogP contribution >= 0.6 is 0 Å². The molecule has 0 aliphatic carbocycles. The Morgan fingerprint density at radius 1 is 1.28 bits per heavy atom.